The Morgan fingerprint density at radius 3 is 2.68 bits per heavy atom. The molecule has 1 aromatic rings. The molecule has 1 N–H and O–H groups in total. The fourth-order valence-electron chi connectivity index (χ4n) is 1.96. The molecule has 19 heavy (non-hydrogen) atoms. The van der Waals surface area contributed by atoms with Crippen LogP contribution in [0.3, 0.4) is 0 Å². The number of ether oxygens (including phenoxy) is 1. The van der Waals surface area contributed by atoms with E-state index in [0.29, 0.717) is 6.61 Å². The summed E-state index contributed by atoms with van der Waals surface area (Å²) in [5.41, 5.74) is 3.95. The third-order valence-corrected chi connectivity index (χ3v) is 3.14. The molecule has 0 bridgehead atoms. The molecule has 0 spiro atoms. The molecular weight excluding hydrogens is 242 g/mol. The molecule has 5 nitrogen and oxygen atoms in total. The van der Waals surface area contributed by atoms with Gasteiger partial charge < -0.3 is 4.74 Å². The van der Waals surface area contributed by atoms with E-state index in [2.05, 4.69) is 11.5 Å². The summed E-state index contributed by atoms with van der Waals surface area (Å²) in [6.07, 6.45) is -0.435. The van der Waals surface area contributed by atoms with Gasteiger partial charge in [0.05, 0.1) is 6.07 Å². The number of nitriles is 1. The number of hydrazine groups is 1. The number of cyclic esters (lactones) is 1. The van der Waals surface area contributed by atoms with Gasteiger partial charge in [0, 0.05) is 0 Å². The van der Waals surface area contributed by atoms with Crippen LogP contribution in [0.4, 0.5) is 4.79 Å². The molecule has 0 saturated carbocycles. The van der Waals surface area contributed by atoms with Gasteiger partial charge in [-0.25, -0.2) is 15.2 Å². The standard InChI is InChI=1S/C14H17N3O2/c1-10(2)12(8-15)16-17-13(9-19-14(17)18)11-6-4-3-5-7-11/h3-7,10,12-13,16H,9H2,1-2H3/t12-,13+/m0/s1. The predicted octanol–water partition coefficient (Wildman–Crippen LogP) is 2.23. The van der Waals surface area contributed by atoms with Gasteiger partial charge in [-0.15, -0.1) is 0 Å². The average molecular weight is 259 g/mol. The van der Waals surface area contributed by atoms with Crippen LogP contribution in [0.5, 0.6) is 0 Å². The molecule has 1 aliphatic rings. The lowest BCUT2D eigenvalue weighted by molar-refractivity contribution is 0.131. The summed E-state index contributed by atoms with van der Waals surface area (Å²) in [6, 6.07) is 11.2. The summed E-state index contributed by atoms with van der Waals surface area (Å²) in [5, 5.41) is 10.5. The van der Waals surface area contributed by atoms with Crippen LogP contribution in [0.15, 0.2) is 30.3 Å². The fraction of sp³-hybridized carbons (Fsp3) is 0.429. The van der Waals surface area contributed by atoms with Crippen LogP contribution in [0.2, 0.25) is 0 Å². The number of rotatable bonds is 4. The van der Waals surface area contributed by atoms with Gasteiger partial charge in [0.15, 0.2) is 0 Å². The fourth-order valence-corrected chi connectivity index (χ4v) is 1.96. The first-order chi connectivity index (χ1) is 9.13. The number of carbonyl (C=O) groups is 1. The van der Waals surface area contributed by atoms with Gasteiger partial charge in [-0.3, -0.25) is 0 Å². The normalized spacial score (nSPS) is 20.2. The van der Waals surface area contributed by atoms with Gasteiger partial charge in [0.25, 0.3) is 0 Å². The number of nitrogens with one attached hydrogen (secondary N) is 1. The van der Waals surface area contributed by atoms with E-state index < -0.39 is 12.1 Å². The third-order valence-electron chi connectivity index (χ3n) is 3.14. The van der Waals surface area contributed by atoms with Crippen molar-refractivity contribution in [3.8, 4) is 6.07 Å². The van der Waals surface area contributed by atoms with Crippen molar-refractivity contribution < 1.29 is 9.53 Å². The Bertz CT molecular complexity index is 481. The van der Waals surface area contributed by atoms with Crippen molar-refractivity contribution in [2.45, 2.75) is 25.9 Å². The van der Waals surface area contributed by atoms with E-state index in [1.807, 2.05) is 44.2 Å². The molecule has 1 amide bonds. The van der Waals surface area contributed by atoms with Gasteiger partial charge in [0.1, 0.15) is 18.7 Å². The maximum Gasteiger partial charge on any atom is 0.425 e. The molecule has 1 aromatic carbocycles. The van der Waals surface area contributed by atoms with Gasteiger partial charge in [-0.05, 0) is 11.5 Å². The number of nitrogens with zero attached hydrogens (tertiary/aromatic N) is 2. The number of carbonyl (C=O) groups excluding carboxylic acids is 1. The van der Waals surface area contributed by atoms with E-state index in [0.717, 1.165) is 5.56 Å². The summed E-state index contributed by atoms with van der Waals surface area (Å²) in [5.74, 6) is 0.106. The van der Waals surface area contributed by atoms with Crippen LogP contribution in [0.1, 0.15) is 25.5 Å². The molecule has 100 valence electrons. The van der Waals surface area contributed by atoms with Crippen LogP contribution < -0.4 is 5.43 Å². The highest BCUT2D eigenvalue weighted by Gasteiger charge is 2.36. The average Bonchev–Trinajstić information content (AvgIpc) is 2.78. The molecule has 1 aliphatic heterocycles. The summed E-state index contributed by atoms with van der Waals surface area (Å²) in [6.45, 7) is 4.16. The molecular formula is C14H17N3O2. The number of benzene rings is 1. The second-order valence-electron chi connectivity index (χ2n) is 4.85. The summed E-state index contributed by atoms with van der Waals surface area (Å²) < 4.78 is 5.07. The van der Waals surface area contributed by atoms with Crippen molar-refractivity contribution in [2.75, 3.05) is 6.61 Å². The van der Waals surface area contributed by atoms with Gasteiger partial charge in [0.2, 0.25) is 0 Å². The van der Waals surface area contributed by atoms with E-state index in [-0.39, 0.29) is 12.0 Å². The van der Waals surface area contributed by atoms with Gasteiger partial charge >= 0.3 is 6.09 Å². The number of hydrogen-bond acceptors (Lipinski definition) is 4. The molecule has 1 saturated heterocycles. The molecule has 2 rings (SSSR count). The molecule has 0 radical (unpaired) electrons. The first-order valence-corrected chi connectivity index (χ1v) is 6.30. The number of hydrogen-bond donors (Lipinski definition) is 1. The Hall–Kier alpha value is -2.06. The SMILES string of the molecule is CC(C)[C@H](C#N)NN1C(=O)OC[C@@H]1c1ccccc1. The highest BCUT2D eigenvalue weighted by Crippen LogP contribution is 2.26. The van der Waals surface area contributed by atoms with Crippen LogP contribution >= 0.6 is 0 Å². The Balaban J connectivity index is 2.17. The highest BCUT2D eigenvalue weighted by molar-refractivity contribution is 5.70. The Kier molecular flexibility index (Phi) is 4.03. The lowest BCUT2D eigenvalue weighted by Crippen LogP contribution is -2.48. The van der Waals surface area contributed by atoms with Crippen LogP contribution in [0.25, 0.3) is 0 Å². The Morgan fingerprint density at radius 2 is 2.11 bits per heavy atom. The zero-order valence-electron chi connectivity index (χ0n) is 11.0. The first kappa shape index (κ1) is 13.4. The predicted molar refractivity (Wildman–Crippen MR) is 69.7 cm³/mol. The molecule has 1 heterocycles. The van der Waals surface area contributed by atoms with E-state index in [1.54, 1.807) is 0 Å². The second-order valence-corrected chi connectivity index (χ2v) is 4.85. The minimum atomic E-state index is -0.435. The topological polar surface area (TPSA) is 65.4 Å². The minimum absolute atomic E-state index is 0.106. The van der Waals surface area contributed by atoms with E-state index in [9.17, 15) is 4.79 Å². The molecule has 0 aromatic heterocycles. The first-order valence-electron chi connectivity index (χ1n) is 6.30. The van der Waals surface area contributed by atoms with Crippen molar-refractivity contribution in [2.24, 2.45) is 5.92 Å². The van der Waals surface area contributed by atoms with E-state index in [4.69, 9.17) is 10.00 Å². The maximum absolute atomic E-state index is 11.8. The van der Waals surface area contributed by atoms with Crippen LogP contribution in [0, 0.1) is 17.2 Å². The zero-order valence-corrected chi connectivity index (χ0v) is 11.0. The van der Waals surface area contributed by atoms with Crippen molar-refractivity contribution in [3.05, 3.63) is 35.9 Å². The molecule has 5 heteroatoms. The molecule has 2 atom stereocenters. The van der Waals surface area contributed by atoms with Gasteiger partial charge in [-0.1, -0.05) is 44.2 Å². The van der Waals surface area contributed by atoms with Crippen molar-refractivity contribution in [1.82, 2.24) is 10.4 Å². The lowest BCUT2D eigenvalue weighted by atomic mass is 10.1. The van der Waals surface area contributed by atoms with Crippen molar-refractivity contribution in [3.63, 3.8) is 0 Å². The van der Waals surface area contributed by atoms with E-state index >= 15 is 0 Å². The zero-order chi connectivity index (χ0) is 13.8. The molecule has 1 fully saturated rings. The van der Waals surface area contributed by atoms with Crippen LogP contribution in [-0.2, 0) is 4.74 Å². The highest BCUT2D eigenvalue weighted by atomic mass is 16.6. The van der Waals surface area contributed by atoms with Gasteiger partial charge in [-0.2, -0.15) is 5.26 Å². The lowest BCUT2D eigenvalue weighted by Gasteiger charge is -2.26. The smallest absolute Gasteiger partial charge is 0.425 e. The Morgan fingerprint density at radius 1 is 1.42 bits per heavy atom. The molecule has 0 aliphatic carbocycles. The summed E-state index contributed by atoms with van der Waals surface area (Å²) >= 11 is 0. The van der Waals surface area contributed by atoms with Crippen molar-refractivity contribution in [1.29, 1.82) is 5.26 Å². The number of amides is 1. The van der Waals surface area contributed by atoms with E-state index in [1.165, 1.54) is 5.01 Å². The minimum Gasteiger partial charge on any atom is -0.446 e. The Labute approximate surface area is 112 Å². The van der Waals surface area contributed by atoms with Crippen molar-refractivity contribution >= 4 is 6.09 Å². The largest absolute Gasteiger partial charge is 0.446 e. The molecule has 0 unspecified atom stereocenters. The quantitative estimate of drug-likeness (QED) is 0.900. The van der Waals surface area contributed by atoms with Crippen LogP contribution in [-0.4, -0.2) is 23.8 Å². The second kappa shape index (κ2) is 5.72. The third kappa shape index (κ3) is 2.85. The maximum atomic E-state index is 11.8. The summed E-state index contributed by atoms with van der Waals surface area (Å²) in [4.78, 5) is 11.8. The monoisotopic (exact) mass is 259 g/mol. The summed E-state index contributed by atoms with van der Waals surface area (Å²) in [7, 11) is 0.